The van der Waals surface area contributed by atoms with Crippen molar-refractivity contribution in [3.8, 4) is 0 Å². The maximum Gasteiger partial charge on any atom is 0.0455 e. The van der Waals surface area contributed by atoms with Gasteiger partial charge in [0.2, 0.25) is 0 Å². The Bertz CT molecular complexity index is 759. The summed E-state index contributed by atoms with van der Waals surface area (Å²) in [6.07, 6.45) is 0.993. The Balaban J connectivity index is 1.74. The Kier molecular flexibility index (Phi) is 4.12. The van der Waals surface area contributed by atoms with Gasteiger partial charge in [0.1, 0.15) is 0 Å². The number of fused-ring (bicyclic) bond motifs is 1. The van der Waals surface area contributed by atoms with E-state index in [1.54, 1.807) is 0 Å². The van der Waals surface area contributed by atoms with Crippen LogP contribution in [-0.2, 0) is 6.42 Å². The molecule has 2 heteroatoms. The lowest BCUT2D eigenvalue weighted by Gasteiger charge is -2.11. The molecular formula is C19H18ClN. The van der Waals surface area contributed by atoms with Gasteiger partial charge in [-0.3, -0.25) is 0 Å². The van der Waals surface area contributed by atoms with Crippen LogP contribution in [0.4, 0.5) is 5.69 Å². The first kappa shape index (κ1) is 14.0. The molecule has 106 valence electrons. The molecule has 0 aliphatic carbocycles. The topological polar surface area (TPSA) is 12.0 Å². The molecule has 0 saturated heterocycles. The number of rotatable bonds is 4. The van der Waals surface area contributed by atoms with Crippen molar-refractivity contribution >= 4 is 28.1 Å². The van der Waals surface area contributed by atoms with E-state index in [1.807, 2.05) is 19.1 Å². The summed E-state index contributed by atoms with van der Waals surface area (Å²) in [7, 11) is 0. The van der Waals surface area contributed by atoms with E-state index in [-0.39, 0.29) is 0 Å². The summed E-state index contributed by atoms with van der Waals surface area (Å²) in [5.41, 5.74) is 3.60. The Morgan fingerprint density at radius 1 is 0.905 bits per heavy atom. The summed E-state index contributed by atoms with van der Waals surface area (Å²) in [5.74, 6) is 0. The summed E-state index contributed by atoms with van der Waals surface area (Å²) >= 11 is 6.15. The highest BCUT2D eigenvalue weighted by atomic mass is 35.5. The molecule has 3 rings (SSSR count). The van der Waals surface area contributed by atoms with Gasteiger partial charge in [-0.15, -0.1) is 0 Å². The third-order valence-corrected chi connectivity index (χ3v) is 4.27. The van der Waals surface area contributed by atoms with E-state index in [0.29, 0.717) is 0 Å². The fourth-order valence-electron chi connectivity index (χ4n) is 2.64. The van der Waals surface area contributed by atoms with Crippen molar-refractivity contribution in [2.24, 2.45) is 0 Å². The number of anilines is 1. The van der Waals surface area contributed by atoms with Gasteiger partial charge in [-0.05, 0) is 47.4 Å². The molecule has 0 bridgehead atoms. The second kappa shape index (κ2) is 6.19. The number of halogens is 1. The number of hydrogen-bond donors (Lipinski definition) is 1. The van der Waals surface area contributed by atoms with Gasteiger partial charge in [0.05, 0.1) is 0 Å². The number of hydrogen-bond acceptors (Lipinski definition) is 1. The molecular weight excluding hydrogens is 278 g/mol. The van der Waals surface area contributed by atoms with Crippen LogP contribution < -0.4 is 5.32 Å². The minimum Gasteiger partial charge on any atom is -0.384 e. The van der Waals surface area contributed by atoms with E-state index in [1.165, 1.54) is 16.3 Å². The van der Waals surface area contributed by atoms with Gasteiger partial charge in [-0.1, -0.05) is 60.1 Å². The molecule has 0 saturated carbocycles. The molecule has 0 fully saturated rings. The average Bonchev–Trinajstić information content (AvgIpc) is 2.52. The molecule has 0 aliphatic heterocycles. The van der Waals surface area contributed by atoms with Crippen molar-refractivity contribution in [2.75, 3.05) is 11.9 Å². The predicted octanol–water partition coefficient (Wildman–Crippen LogP) is 5.46. The number of benzene rings is 3. The zero-order valence-corrected chi connectivity index (χ0v) is 12.8. The van der Waals surface area contributed by atoms with E-state index >= 15 is 0 Å². The minimum atomic E-state index is 0.810. The van der Waals surface area contributed by atoms with Gasteiger partial charge in [0.25, 0.3) is 0 Å². The normalized spacial score (nSPS) is 10.8. The SMILES string of the molecule is Cc1c(Cl)cccc1NCCc1cccc2ccccc12. The van der Waals surface area contributed by atoms with Gasteiger partial charge in [0, 0.05) is 17.3 Å². The Hall–Kier alpha value is -1.99. The fraction of sp³-hybridized carbons (Fsp3) is 0.158. The molecule has 0 aliphatic rings. The molecule has 3 aromatic carbocycles. The summed E-state index contributed by atoms with van der Waals surface area (Å²) in [5, 5.41) is 6.93. The molecule has 0 radical (unpaired) electrons. The highest BCUT2D eigenvalue weighted by Gasteiger charge is 2.03. The van der Waals surface area contributed by atoms with E-state index in [2.05, 4.69) is 53.8 Å². The van der Waals surface area contributed by atoms with Crippen molar-refractivity contribution in [1.29, 1.82) is 0 Å². The van der Waals surface area contributed by atoms with E-state index in [4.69, 9.17) is 11.6 Å². The van der Waals surface area contributed by atoms with Gasteiger partial charge in [0.15, 0.2) is 0 Å². The third-order valence-electron chi connectivity index (χ3n) is 3.86. The molecule has 0 atom stereocenters. The molecule has 0 amide bonds. The Morgan fingerprint density at radius 3 is 2.57 bits per heavy atom. The summed E-state index contributed by atoms with van der Waals surface area (Å²) in [6, 6.07) is 21.0. The summed E-state index contributed by atoms with van der Waals surface area (Å²) in [6.45, 7) is 2.94. The minimum absolute atomic E-state index is 0.810. The lowest BCUT2D eigenvalue weighted by Crippen LogP contribution is -2.06. The van der Waals surface area contributed by atoms with E-state index < -0.39 is 0 Å². The van der Waals surface area contributed by atoms with Crippen molar-refractivity contribution in [2.45, 2.75) is 13.3 Å². The van der Waals surface area contributed by atoms with Crippen LogP contribution >= 0.6 is 11.6 Å². The van der Waals surface area contributed by atoms with Crippen molar-refractivity contribution in [3.63, 3.8) is 0 Å². The van der Waals surface area contributed by atoms with E-state index in [9.17, 15) is 0 Å². The maximum atomic E-state index is 6.15. The van der Waals surface area contributed by atoms with Crippen LogP contribution in [-0.4, -0.2) is 6.54 Å². The number of nitrogens with one attached hydrogen (secondary N) is 1. The monoisotopic (exact) mass is 295 g/mol. The van der Waals surface area contributed by atoms with Crippen LogP contribution in [0.15, 0.2) is 60.7 Å². The molecule has 21 heavy (non-hydrogen) atoms. The smallest absolute Gasteiger partial charge is 0.0455 e. The fourth-order valence-corrected chi connectivity index (χ4v) is 2.82. The molecule has 0 spiro atoms. The average molecular weight is 296 g/mol. The van der Waals surface area contributed by atoms with Gasteiger partial charge in [-0.25, -0.2) is 0 Å². The quantitative estimate of drug-likeness (QED) is 0.674. The van der Waals surface area contributed by atoms with Gasteiger partial charge < -0.3 is 5.32 Å². The van der Waals surface area contributed by atoms with Crippen LogP contribution in [0.2, 0.25) is 5.02 Å². The highest BCUT2D eigenvalue weighted by Crippen LogP contribution is 2.23. The van der Waals surface area contributed by atoms with Crippen molar-refractivity contribution < 1.29 is 0 Å². The van der Waals surface area contributed by atoms with Crippen molar-refractivity contribution in [3.05, 3.63) is 76.8 Å². The lowest BCUT2D eigenvalue weighted by molar-refractivity contribution is 1.03. The first-order chi connectivity index (χ1) is 10.3. The Morgan fingerprint density at radius 2 is 1.67 bits per heavy atom. The van der Waals surface area contributed by atoms with Crippen LogP contribution in [0.3, 0.4) is 0 Å². The van der Waals surface area contributed by atoms with Crippen LogP contribution in [0.1, 0.15) is 11.1 Å². The largest absolute Gasteiger partial charge is 0.384 e. The molecule has 1 nitrogen and oxygen atoms in total. The standard InChI is InChI=1S/C19H18ClN/c1-14-18(20)10-5-11-19(14)21-13-12-16-8-4-7-15-6-2-3-9-17(15)16/h2-11,21H,12-13H2,1H3. The lowest BCUT2D eigenvalue weighted by atomic mass is 10.0. The highest BCUT2D eigenvalue weighted by molar-refractivity contribution is 6.31. The van der Waals surface area contributed by atoms with Crippen molar-refractivity contribution in [1.82, 2.24) is 0 Å². The van der Waals surface area contributed by atoms with Gasteiger partial charge >= 0.3 is 0 Å². The second-order valence-corrected chi connectivity index (χ2v) is 5.63. The first-order valence-corrected chi connectivity index (χ1v) is 7.59. The van der Waals surface area contributed by atoms with Crippen LogP contribution in [0.25, 0.3) is 10.8 Å². The summed E-state index contributed by atoms with van der Waals surface area (Å²) < 4.78 is 0. The molecule has 0 heterocycles. The zero-order valence-electron chi connectivity index (χ0n) is 12.1. The van der Waals surface area contributed by atoms with Crippen LogP contribution in [0.5, 0.6) is 0 Å². The predicted molar refractivity (Wildman–Crippen MR) is 92.3 cm³/mol. The molecule has 0 aromatic heterocycles. The summed E-state index contributed by atoms with van der Waals surface area (Å²) in [4.78, 5) is 0. The maximum absolute atomic E-state index is 6.15. The second-order valence-electron chi connectivity index (χ2n) is 5.23. The zero-order chi connectivity index (χ0) is 14.7. The van der Waals surface area contributed by atoms with Crippen LogP contribution in [0, 0.1) is 6.92 Å². The first-order valence-electron chi connectivity index (χ1n) is 7.21. The molecule has 3 aromatic rings. The molecule has 0 unspecified atom stereocenters. The third kappa shape index (κ3) is 3.03. The van der Waals surface area contributed by atoms with Gasteiger partial charge in [-0.2, -0.15) is 0 Å². The Labute approximate surface area is 130 Å². The van der Waals surface area contributed by atoms with E-state index in [0.717, 1.165) is 29.2 Å². The molecule has 1 N–H and O–H groups in total.